The van der Waals surface area contributed by atoms with Crippen LogP contribution in [0.3, 0.4) is 0 Å². The van der Waals surface area contributed by atoms with E-state index in [-0.39, 0.29) is 17.5 Å². The van der Waals surface area contributed by atoms with Gasteiger partial charge >= 0.3 is 5.97 Å². The first-order chi connectivity index (χ1) is 13.4. The third-order valence-corrected chi connectivity index (χ3v) is 4.13. The van der Waals surface area contributed by atoms with Gasteiger partial charge in [-0.25, -0.2) is 4.79 Å². The quantitative estimate of drug-likeness (QED) is 0.326. The largest absolute Gasteiger partial charge is 0.449 e. The van der Waals surface area contributed by atoms with Gasteiger partial charge in [-0.05, 0) is 42.2 Å². The summed E-state index contributed by atoms with van der Waals surface area (Å²) in [6, 6.07) is 15.5. The third-order valence-electron chi connectivity index (χ3n) is 4.13. The molecule has 7 heteroatoms. The van der Waals surface area contributed by atoms with Crippen LogP contribution in [0.2, 0.25) is 0 Å². The van der Waals surface area contributed by atoms with Gasteiger partial charge in [-0.1, -0.05) is 37.3 Å². The zero-order valence-corrected chi connectivity index (χ0v) is 15.7. The summed E-state index contributed by atoms with van der Waals surface area (Å²) >= 11 is 0. The Hall–Kier alpha value is -3.48. The summed E-state index contributed by atoms with van der Waals surface area (Å²) in [5.74, 6) is -0.910. The fourth-order valence-electron chi connectivity index (χ4n) is 2.44. The van der Waals surface area contributed by atoms with Crippen molar-refractivity contribution in [3.63, 3.8) is 0 Å². The highest BCUT2D eigenvalue weighted by Gasteiger charge is 2.17. The smallest absolute Gasteiger partial charge is 0.331 e. The topological polar surface area (TPSA) is 98.5 Å². The van der Waals surface area contributed by atoms with Crippen molar-refractivity contribution in [1.82, 2.24) is 5.32 Å². The molecule has 0 spiro atoms. The molecule has 2 aromatic rings. The lowest BCUT2D eigenvalue weighted by molar-refractivity contribution is -0.384. The van der Waals surface area contributed by atoms with Crippen LogP contribution in [-0.4, -0.2) is 29.4 Å². The molecule has 1 N–H and O–H groups in total. The monoisotopic (exact) mass is 382 g/mol. The number of hydrogen-bond acceptors (Lipinski definition) is 5. The normalized spacial score (nSPS) is 12.9. The van der Waals surface area contributed by atoms with Crippen molar-refractivity contribution in [3.8, 4) is 0 Å². The Morgan fingerprint density at radius 2 is 1.75 bits per heavy atom. The standard InChI is InChI=1S/C21H22N2O5/c1-15(18-6-4-3-5-7-18)14-22-21(25)16(2)28-20(24)13-10-17-8-11-19(12-9-17)23(26)27/h3-13,15-16H,14H2,1-2H3,(H,22,25)/b13-10+/t15-,16+/m1/s1. The number of nitrogens with one attached hydrogen (secondary N) is 1. The van der Waals surface area contributed by atoms with Crippen LogP contribution in [0.25, 0.3) is 6.08 Å². The van der Waals surface area contributed by atoms with Crippen LogP contribution in [0.15, 0.2) is 60.7 Å². The summed E-state index contributed by atoms with van der Waals surface area (Å²) in [5, 5.41) is 13.4. The lowest BCUT2D eigenvalue weighted by Gasteiger charge is -2.16. The molecule has 0 heterocycles. The minimum atomic E-state index is -0.933. The maximum atomic E-state index is 12.1. The second-order valence-corrected chi connectivity index (χ2v) is 6.32. The van der Waals surface area contributed by atoms with Gasteiger partial charge in [-0.2, -0.15) is 0 Å². The van der Waals surface area contributed by atoms with Crippen LogP contribution in [0.5, 0.6) is 0 Å². The van der Waals surface area contributed by atoms with Crippen LogP contribution in [0.4, 0.5) is 5.69 Å². The second kappa shape index (κ2) is 10.0. The fraction of sp³-hybridized carbons (Fsp3) is 0.238. The van der Waals surface area contributed by atoms with Crippen LogP contribution < -0.4 is 5.32 Å². The third kappa shape index (κ3) is 6.35. The molecule has 0 aromatic heterocycles. The first-order valence-electron chi connectivity index (χ1n) is 8.82. The summed E-state index contributed by atoms with van der Waals surface area (Å²) in [4.78, 5) is 34.1. The number of hydrogen-bond donors (Lipinski definition) is 1. The molecule has 0 fully saturated rings. The molecule has 2 aromatic carbocycles. The lowest BCUT2D eigenvalue weighted by Crippen LogP contribution is -2.37. The minimum Gasteiger partial charge on any atom is -0.449 e. The minimum absolute atomic E-state index is 0.0326. The van der Waals surface area contributed by atoms with Gasteiger partial charge in [-0.3, -0.25) is 14.9 Å². The van der Waals surface area contributed by atoms with E-state index in [1.54, 1.807) is 0 Å². The molecular formula is C21H22N2O5. The number of benzene rings is 2. The molecule has 28 heavy (non-hydrogen) atoms. The average molecular weight is 382 g/mol. The van der Waals surface area contributed by atoms with Crippen LogP contribution in [0.1, 0.15) is 30.9 Å². The Morgan fingerprint density at radius 3 is 2.36 bits per heavy atom. The van der Waals surface area contributed by atoms with Gasteiger partial charge in [0.15, 0.2) is 6.10 Å². The molecule has 2 rings (SSSR count). The van der Waals surface area contributed by atoms with Crippen molar-refractivity contribution < 1.29 is 19.2 Å². The summed E-state index contributed by atoms with van der Waals surface area (Å²) in [5.41, 5.74) is 1.68. The van der Waals surface area contributed by atoms with Gasteiger partial charge in [-0.15, -0.1) is 0 Å². The molecule has 1 amide bonds. The van der Waals surface area contributed by atoms with Gasteiger partial charge in [0.05, 0.1) is 4.92 Å². The summed E-state index contributed by atoms with van der Waals surface area (Å²) in [7, 11) is 0. The zero-order valence-electron chi connectivity index (χ0n) is 15.7. The first kappa shape index (κ1) is 20.8. The molecule has 2 atom stereocenters. The predicted octanol–water partition coefficient (Wildman–Crippen LogP) is 3.46. The summed E-state index contributed by atoms with van der Waals surface area (Å²) < 4.78 is 5.09. The van der Waals surface area contributed by atoms with E-state index in [0.717, 1.165) is 5.56 Å². The molecule has 0 saturated heterocycles. The van der Waals surface area contributed by atoms with E-state index in [1.807, 2.05) is 37.3 Å². The SMILES string of the molecule is C[C@H](OC(=O)/C=C/c1ccc([N+](=O)[O-])cc1)C(=O)NC[C@@H](C)c1ccccc1. The Bertz CT molecular complexity index is 847. The predicted molar refractivity (Wildman–Crippen MR) is 106 cm³/mol. The van der Waals surface area contributed by atoms with E-state index in [2.05, 4.69) is 5.32 Å². The molecule has 0 saturated carbocycles. The van der Waals surface area contributed by atoms with Crippen molar-refractivity contribution in [1.29, 1.82) is 0 Å². The number of esters is 1. The molecule has 0 aliphatic carbocycles. The number of nitro benzene ring substituents is 1. The Morgan fingerprint density at radius 1 is 1.11 bits per heavy atom. The highest BCUT2D eigenvalue weighted by atomic mass is 16.6. The maximum Gasteiger partial charge on any atom is 0.331 e. The number of nitro groups is 1. The molecule has 0 radical (unpaired) electrons. The van der Waals surface area contributed by atoms with Gasteiger partial charge in [0.1, 0.15) is 0 Å². The number of rotatable bonds is 8. The number of amides is 1. The van der Waals surface area contributed by atoms with Gasteiger partial charge in [0.25, 0.3) is 11.6 Å². The summed E-state index contributed by atoms with van der Waals surface area (Å²) in [6.45, 7) is 3.93. The van der Waals surface area contributed by atoms with E-state index in [0.29, 0.717) is 12.1 Å². The number of carbonyl (C=O) groups excluding carboxylic acids is 2. The first-order valence-corrected chi connectivity index (χ1v) is 8.82. The molecule has 7 nitrogen and oxygen atoms in total. The van der Waals surface area contributed by atoms with Crippen molar-refractivity contribution in [2.75, 3.05) is 6.54 Å². The van der Waals surface area contributed by atoms with E-state index in [9.17, 15) is 19.7 Å². The van der Waals surface area contributed by atoms with E-state index in [1.165, 1.54) is 43.3 Å². The van der Waals surface area contributed by atoms with Crippen molar-refractivity contribution in [3.05, 3.63) is 81.9 Å². The number of non-ortho nitro benzene ring substituents is 1. The van der Waals surface area contributed by atoms with Gasteiger partial charge in [0, 0.05) is 24.8 Å². The van der Waals surface area contributed by atoms with Crippen LogP contribution in [0, 0.1) is 10.1 Å². The Labute approximate surface area is 163 Å². The van der Waals surface area contributed by atoms with E-state index in [4.69, 9.17) is 4.74 Å². The zero-order chi connectivity index (χ0) is 20.5. The van der Waals surface area contributed by atoms with Crippen molar-refractivity contribution >= 4 is 23.6 Å². The summed E-state index contributed by atoms with van der Waals surface area (Å²) in [6.07, 6.45) is 1.71. The van der Waals surface area contributed by atoms with Gasteiger partial charge < -0.3 is 10.1 Å². The molecule has 0 aliphatic heterocycles. The molecule has 0 aliphatic rings. The Kier molecular flexibility index (Phi) is 7.45. The van der Waals surface area contributed by atoms with E-state index >= 15 is 0 Å². The van der Waals surface area contributed by atoms with Gasteiger partial charge in [0.2, 0.25) is 0 Å². The number of carbonyl (C=O) groups is 2. The highest BCUT2D eigenvalue weighted by molar-refractivity contribution is 5.90. The van der Waals surface area contributed by atoms with Crippen LogP contribution in [-0.2, 0) is 14.3 Å². The molecule has 0 bridgehead atoms. The molecule has 146 valence electrons. The second-order valence-electron chi connectivity index (χ2n) is 6.32. The molecule has 0 unspecified atom stereocenters. The van der Waals surface area contributed by atoms with Crippen molar-refractivity contribution in [2.45, 2.75) is 25.9 Å². The lowest BCUT2D eigenvalue weighted by atomic mass is 10.0. The number of nitrogens with zero attached hydrogens (tertiary/aromatic N) is 1. The average Bonchev–Trinajstić information content (AvgIpc) is 2.71. The fourth-order valence-corrected chi connectivity index (χ4v) is 2.44. The Balaban J connectivity index is 1.80. The van der Waals surface area contributed by atoms with Crippen molar-refractivity contribution in [2.24, 2.45) is 0 Å². The highest BCUT2D eigenvalue weighted by Crippen LogP contribution is 2.14. The number of ether oxygens (including phenoxy) is 1. The van der Waals surface area contributed by atoms with E-state index < -0.39 is 17.0 Å². The van der Waals surface area contributed by atoms with Crippen LogP contribution >= 0.6 is 0 Å². The maximum absolute atomic E-state index is 12.1. The molecular weight excluding hydrogens is 360 g/mol.